The molecule has 0 aliphatic carbocycles. The zero-order chi connectivity index (χ0) is 18.0. The maximum Gasteiger partial charge on any atom is 0.586 e. The van der Waals surface area contributed by atoms with Crippen molar-refractivity contribution in [3.8, 4) is 11.5 Å². The Bertz CT molecular complexity index is 798. The minimum Gasteiger partial charge on any atom is -0.395 e. The lowest BCUT2D eigenvalue weighted by Gasteiger charge is -2.16. The average molecular weight is 352 g/mol. The molecule has 0 atom stereocenters. The summed E-state index contributed by atoms with van der Waals surface area (Å²) in [6.45, 7) is 0.256. The van der Waals surface area contributed by atoms with Crippen molar-refractivity contribution in [2.24, 2.45) is 0 Å². The van der Waals surface area contributed by atoms with Gasteiger partial charge in [-0.15, -0.1) is 8.78 Å². The number of alkyl halides is 2. The van der Waals surface area contributed by atoms with E-state index in [0.29, 0.717) is 11.3 Å². The summed E-state index contributed by atoms with van der Waals surface area (Å²) in [5.74, 6) is -0.960. The number of carbonyl (C=O) groups is 1. The Morgan fingerprint density at radius 2 is 1.88 bits per heavy atom. The molecule has 132 valence electrons. The number of hydrogen-bond acceptors (Lipinski definition) is 4. The molecule has 0 unspecified atom stereocenters. The van der Waals surface area contributed by atoms with Crippen molar-refractivity contribution < 1.29 is 27.4 Å². The molecule has 0 radical (unpaired) electrons. The van der Waals surface area contributed by atoms with Crippen LogP contribution in [-0.4, -0.2) is 30.7 Å². The molecule has 1 aliphatic heterocycles. The number of amides is 1. The maximum atomic E-state index is 13.6. The second-order valence-corrected chi connectivity index (χ2v) is 5.64. The second kappa shape index (κ2) is 6.64. The van der Waals surface area contributed by atoms with E-state index in [1.807, 2.05) is 0 Å². The molecule has 5 nitrogen and oxygen atoms in total. The molecule has 25 heavy (non-hydrogen) atoms. The van der Waals surface area contributed by atoms with Crippen molar-refractivity contribution in [3.63, 3.8) is 0 Å². The van der Waals surface area contributed by atoms with Gasteiger partial charge in [-0.05, 0) is 25.2 Å². The van der Waals surface area contributed by atoms with Crippen LogP contribution in [0, 0.1) is 5.82 Å². The van der Waals surface area contributed by atoms with Crippen LogP contribution in [0.15, 0.2) is 42.5 Å². The number of fused-ring (bicyclic) bond motifs is 1. The molecule has 2 aromatic rings. The lowest BCUT2D eigenvalue weighted by molar-refractivity contribution is -0.286. The molecule has 0 bridgehead atoms. The number of nitrogens with zero attached hydrogens (tertiary/aromatic N) is 1. The van der Waals surface area contributed by atoms with Crippen molar-refractivity contribution in [1.29, 1.82) is 0 Å². The van der Waals surface area contributed by atoms with Crippen LogP contribution in [0.2, 0.25) is 0 Å². The molecule has 1 aliphatic rings. The van der Waals surface area contributed by atoms with E-state index in [1.54, 1.807) is 30.1 Å². The first-order chi connectivity index (χ1) is 11.8. The third-order valence-corrected chi connectivity index (χ3v) is 3.50. The van der Waals surface area contributed by atoms with Crippen LogP contribution in [0.4, 0.5) is 18.9 Å². The zero-order valence-electron chi connectivity index (χ0n) is 13.3. The van der Waals surface area contributed by atoms with E-state index in [-0.39, 0.29) is 36.3 Å². The van der Waals surface area contributed by atoms with Gasteiger partial charge in [0.2, 0.25) is 5.91 Å². The van der Waals surface area contributed by atoms with Crippen molar-refractivity contribution >= 4 is 11.6 Å². The summed E-state index contributed by atoms with van der Waals surface area (Å²) in [5, 5.41) is 2.58. The fraction of sp³-hybridized carbons (Fsp3) is 0.235. The highest BCUT2D eigenvalue weighted by Gasteiger charge is 2.43. The first-order valence-electron chi connectivity index (χ1n) is 7.44. The predicted octanol–water partition coefficient (Wildman–Crippen LogP) is 3.22. The van der Waals surface area contributed by atoms with Crippen LogP contribution >= 0.6 is 0 Å². The number of halogens is 3. The van der Waals surface area contributed by atoms with Crippen LogP contribution in [0.3, 0.4) is 0 Å². The molecule has 1 heterocycles. The van der Waals surface area contributed by atoms with E-state index in [4.69, 9.17) is 0 Å². The fourth-order valence-corrected chi connectivity index (χ4v) is 2.45. The van der Waals surface area contributed by atoms with Crippen molar-refractivity contribution in [2.75, 3.05) is 18.9 Å². The summed E-state index contributed by atoms with van der Waals surface area (Å²) in [6.07, 6.45) is -3.70. The number of rotatable bonds is 5. The fourth-order valence-electron chi connectivity index (χ4n) is 2.45. The SMILES string of the molecule is CN(CC(=O)Nc1ccc2c(c1)OC(F)(F)O2)Cc1ccccc1F. The van der Waals surface area contributed by atoms with Crippen molar-refractivity contribution in [1.82, 2.24) is 4.90 Å². The van der Waals surface area contributed by atoms with Gasteiger partial charge in [-0.1, -0.05) is 18.2 Å². The lowest BCUT2D eigenvalue weighted by Crippen LogP contribution is -2.30. The van der Waals surface area contributed by atoms with Gasteiger partial charge in [0.25, 0.3) is 0 Å². The summed E-state index contributed by atoms with van der Waals surface area (Å²) in [4.78, 5) is 13.7. The van der Waals surface area contributed by atoms with Gasteiger partial charge < -0.3 is 14.8 Å². The van der Waals surface area contributed by atoms with Crippen LogP contribution in [-0.2, 0) is 11.3 Å². The van der Waals surface area contributed by atoms with E-state index >= 15 is 0 Å². The monoisotopic (exact) mass is 352 g/mol. The quantitative estimate of drug-likeness (QED) is 0.898. The number of hydrogen-bond donors (Lipinski definition) is 1. The van der Waals surface area contributed by atoms with Gasteiger partial charge in [0, 0.05) is 23.9 Å². The van der Waals surface area contributed by atoms with Crippen LogP contribution in [0.5, 0.6) is 11.5 Å². The highest BCUT2D eigenvalue weighted by molar-refractivity contribution is 5.92. The molecular formula is C17H15F3N2O3. The maximum absolute atomic E-state index is 13.6. The van der Waals surface area contributed by atoms with Crippen molar-refractivity contribution in [3.05, 3.63) is 53.8 Å². The van der Waals surface area contributed by atoms with Gasteiger partial charge in [0.15, 0.2) is 11.5 Å². The predicted molar refractivity (Wildman–Crippen MR) is 84.0 cm³/mol. The molecule has 0 aromatic heterocycles. The standard InChI is InChI=1S/C17H15F3N2O3/c1-22(9-11-4-2-3-5-13(11)18)10-16(23)21-12-6-7-14-15(8-12)25-17(19,20)24-14/h2-8H,9-10H2,1H3,(H,21,23). The zero-order valence-corrected chi connectivity index (χ0v) is 13.3. The van der Waals surface area contributed by atoms with Gasteiger partial charge >= 0.3 is 6.29 Å². The Balaban J connectivity index is 1.57. The highest BCUT2D eigenvalue weighted by atomic mass is 19.3. The minimum absolute atomic E-state index is 0.00106. The smallest absolute Gasteiger partial charge is 0.395 e. The first kappa shape index (κ1) is 17.1. The third-order valence-electron chi connectivity index (χ3n) is 3.50. The van der Waals surface area contributed by atoms with Gasteiger partial charge in [0.1, 0.15) is 5.82 Å². The number of carbonyl (C=O) groups excluding carboxylic acids is 1. The summed E-state index contributed by atoms with van der Waals surface area (Å²) in [7, 11) is 1.67. The van der Waals surface area contributed by atoms with E-state index in [0.717, 1.165) is 0 Å². The van der Waals surface area contributed by atoms with Gasteiger partial charge in [-0.2, -0.15) is 0 Å². The van der Waals surface area contributed by atoms with E-state index < -0.39 is 6.29 Å². The molecule has 2 aromatic carbocycles. The molecule has 0 saturated heterocycles. The van der Waals surface area contributed by atoms with Crippen LogP contribution in [0.25, 0.3) is 0 Å². The van der Waals surface area contributed by atoms with E-state index in [9.17, 15) is 18.0 Å². The van der Waals surface area contributed by atoms with Gasteiger partial charge in [-0.3, -0.25) is 9.69 Å². The number of anilines is 1. The third kappa shape index (κ3) is 4.21. The van der Waals surface area contributed by atoms with Gasteiger partial charge in [0.05, 0.1) is 6.54 Å². The minimum atomic E-state index is -3.70. The molecule has 1 N–H and O–H groups in total. The molecule has 0 spiro atoms. The Kier molecular flexibility index (Phi) is 4.54. The number of nitrogens with one attached hydrogen (secondary N) is 1. The van der Waals surface area contributed by atoms with Gasteiger partial charge in [-0.25, -0.2) is 4.39 Å². The average Bonchev–Trinajstić information content (AvgIpc) is 2.82. The molecule has 0 saturated carbocycles. The Morgan fingerprint density at radius 3 is 2.64 bits per heavy atom. The van der Waals surface area contributed by atoms with Crippen LogP contribution in [0.1, 0.15) is 5.56 Å². The Hall–Kier alpha value is -2.74. The van der Waals surface area contributed by atoms with E-state index in [1.165, 1.54) is 24.3 Å². The second-order valence-electron chi connectivity index (χ2n) is 5.64. The summed E-state index contributed by atoms with van der Waals surface area (Å²) in [6, 6.07) is 10.3. The van der Waals surface area contributed by atoms with Crippen molar-refractivity contribution in [2.45, 2.75) is 12.8 Å². The number of likely N-dealkylation sites (N-methyl/N-ethyl adjacent to an activating group) is 1. The first-order valence-corrected chi connectivity index (χ1v) is 7.44. The van der Waals surface area contributed by atoms with Crippen LogP contribution < -0.4 is 14.8 Å². The largest absolute Gasteiger partial charge is 0.586 e. The molecule has 0 fully saturated rings. The summed E-state index contributed by atoms with van der Waals surface area (Å²) in [5.41, 5.74) is 0.771. The van der Waals surface area contributed by atoms with E-state index in [2.05, 4.69) is 14.8 Å². The number of ether oxygens (including phenoxy) is 2. The molecular weight excluding hydrogens is 337 g/mol. The normalized spacial score (nSPS) is 14.6. The number of benzene rings is 2. The molecule has 8 heteroatoms. The summed E-state index contributed by atoms with van der Waals surface area (Å²) < 4.78 is 48.2. The topological polar surface area (TPSA) is 50.8 Å². The lowest BCUT2D eigenvalue weighted by atomic mass is 10.2. The Labute approximate surface area is 142 Å². The molecule has 1 amide bonds. The Morgan fingerprint density at radius 1 is 1.16 bits per heavy atom. The highest BCUT2D eigenvalue weighted by Crippen LogP contribution is 2.42. The molecule has 3 rings (SSSR count). The summed E-state index contributed by atoms with van der Waals surface area (Å²) >= 11 is 0.